The Kier molecular flexibility index (Phi) is 3.42. The standard InChI is InChI=1S/C7H5BrF5NS/c8-3-1-2-15-4(3)5(14)6(9,10)7(11,12)13/h1-2,5H,14H2/t5-/m0/s1. The highest BCUT2D eigenvalue weighted by Gasteiger charge is 2.62. The molecule has 1 nitrogen and oxygen atoms in total. The zero-order valence-corrected chi connectivity index (χ0v) is 9.39. The fourth-order valence-corrected chi connectivity index (χ4v) is 2.53. The molecule has 0 radical (unpaired) electrons. The molecule has 0 aliphatic carbocycles. The van der Waals surface area contributed by atoms with Gasteiger partial charge in [0.1, 0.15) is 6.04 Å². The lowest BCUT2D eigenvalue weighted by molar-refractivity contribution is -0.290. The van der Waals surface area contributed by atoms with Crippen LogP contribution < -0.4 is 5.73 Å². The van der Waals surface area contributed by atoms with Gasteiger partial charge in [0, 0.05) is 9.35 Å². The lowest BCUT2D eigenvalue weighted by Gasteiger charge is -2.25. The number of halogens is 6. The van der Waals surface area contributed by atoms with Crippen molar-refractivity contribution >= 4 is 27.3 Å². The van der Waals surface area contributed by atoms with Crippen LogP contribution in [0.3, 0.4) is 0 Å². The Bertz CT molecular complexity index is 347. The molecule has 1 atom stereocenters. The van der Waals surface area contributed by atoms with E-state index in [0.717, 1.165) is 11.3 Å². The molecule has 0 aromatic carbocycles. The Hall–Kier alpha value is -0.210. The largest absolute Gasteiger partial charge is 0.455 e. The summed E-state index contributed by atoms with van der Waals surface area (Å²) in [4.78, 5) is -0.225. The molecule has 0 aliphatic rings. The Morgan fingerprint density at radius 2 is 1.80 bits per heavy atom. The highest BCUT2D eigenvalue weighted by atomic mass is 79.9. The number of nitrogens with two attached hydrogens (primary N) is 1. The minimum Gasteiger partial charge on any atom is -0.318 e. The van der Waals surface area contributed by atoms with Gasteiger partial charge in [-0.1, -0.05) is 0 Å². The van der Waals surface area contributed by atoms with Crippen LogP contribution in [-0.2, 0) is 0 Å². The Morgan fingerprint density at radius 3 is 2.13 bits per heavy atom. The molecule has 0 amide bonds. The van der Waals surface area contributed by atoms with Crippen molar-refractivity contribution in [2.45, 2.75) is 18.1 Å². The van der Waals surface area contributed by atoms with Crippen LogP contribution in [0.4, 0.5) is 22.0 Å². The van der Waals surface area contributed by atoms with Gasteiger partial charge < -0.3 is 5.73 Å². The van der Waals surface area contributed by atoms with Crippen LogP contribution in [0.5, 0.6) is 0 Å². The first kappa shape index (κ1) is 12.9. The van der Waals surface area contributed by atoms with E-state index in [1.807, 2.05) is 0 Å². The summed E-state index contributed by atoms with van der Waals surface area (Å²) in [5.41, 5.74) is 4.91. The van der Waals surface area contributed by atoms with Crippen molar-refractivity contribution in [1.82, 2.24) is 0 Å². The van der Waals surface area contributed by atoms with Crippen molar-refractivity contribution in [3.63, 3.8) is 0 Å². The van der Waals surface area contributed by atoms with Gasteiger partial charge in [-0.25, -0.2) is 0 Å². The van der Waals surface area contributed by atoms with Crippen LogP contribution in [-0.4, -0.2) is 12.1 Å². The smallest absolute Gasteiger partial charge is 0.318 e. The van der Waals surface area contributed by atoms with Gasteiger partial charge in [0.15, 0.2) is 0 Å². The van der Waals surface area contributed by atoms with E-state index in [2.05, 4.69) is 15.9 Å². The summed E-state index contributed by atoms with van der Waals surface area (Å²) in [6.45, 7) is 0. The molecule has 1 heterocycles. The predicted octanol–water partition coefficient (Wildman–Crippen LogP) is 3.71. The molecule has 1 aromatic rings. The molecule has 0 aliphatic heterocycles. The molecule has 86 valence electrons. The summed E-state index contributed by atoms with van der Waals surface area (Å²) in [6, 6.07) is -1.02. The van der Waals surface area contributed by atoms with Gasteiger partial charge in [-0.3, -0.25) is 0 Å². The summed E-state index contributed by atoms with van der Waals surface area (Å²) in [7, 11) is 0. The number of rotatable bonds is 2. The molecule has 0 saturated heterocycles. The van der Waals surface area contributed by atoms with Gasteiger partial charge in [0.25, 0.3) is 0 Å². The van der Waals surface area contributed by atoms with Gasteiger partial charge in [-0.15, -0.1) is 11.3 Å². The topological polar surface area (TPSA) is 26.0 Å². The predicted molar refractivity (Wildman–Crippen MR) is 49.9 cm³/mol. The Morgan fingerprint density at radius 1 is 1.27 bits per heavy atom. The fraction of sp³-hybridized carbons (Fsp3) is 0.429. The van der Waals surface area contributed by atoms with Crippen LogP contribution in [0, 0.1) is 0 Å². The highest BCUT2D eigenvalue weighted by Crippen LogP contribution is 2.45. The summed E-state index contributed by atoms with van der Waals surface area (Å²) >= 11 is 3.60. The van der Waals surface area contributed by atoms with E-state index in [9.17, 15) is 22.0 Å². The first-order valence-electron chi connectivity index (χ1n) is 3.61. The van der Waals surface area contributed by atoms with E-state index in [1.165, 1.54) is 11.4 Å². The van der Waals surface area contributed by atoms with Gasteiger partial charge in [-0.2, -0.15) is 22.0 Å². The maximum atomic E-state index is 12.8. The van der Waals surface area contributed by atoms with Gasteiger partial charge in [0.2, 0.25) is 0 Å². The van der Waals surface area contributed by atoms with Crippen molar-refractivity contribution in [3.05, 3.63) is 20.8 Å². The minimum absolute atomic E-state index is 0.156. The zero-order valence-electron chi connectivity index (χ0n) is 6.99. The van der Waals surface area contributed by atoms with Crippen molar-refractivity contribution < 1.29 is 22.0 Å². The third-order valence-electron chi connectivity index (χ3n) is 1.70. The second-order valence-corrected chi connectivity index (χ2v) is 4.53. The van der Waals surface area contributed by atoms with E-state index in [1.54, 1.807) is 0 Å². The second-order valence-electron chi connectivity index (χ2n) is 2.73. The summed E-state index contributed by atoms with van der Waals surface area (Å²) in [6.07, 6.45) is -5.64. The van der Waals surface area contributed by atoms with Crippen LogP contribution in [0.25, 0.3) is 0 Å². The summed E-state index contributed by atoms with van der Waals surface area (Å²) in [5.74, 6) is -4.93. The van der Waals surface area contributed by atoms with Crippen molar-refractivity contribution in [1.29, 1.82) is 0 Å². The molecule has 0 saturated carbocycles. The van der Waals surface area contributed by atoms with E-state index in [4.69, 9.17) is 5.73 Å². The Labute approximate surface area is 94.2 Å². The maximum Gasteiger partial charge on any atom is 0.455 e. The first-order valence-corrected chi connectivity index (χ1v) is 5.28. The van der Waals surface area contributed by atoms with E-state index >= 15 is 0 Å². The number of hydrogen-bond donors (Lipinski definition) is 1. The molecular formula is C7H5BrF5NS. The van der Waals surface area contributed by atoms with Crippen LogP contribution in [0.15, 0.2) is 15.9 Å². The zero-order chi connectivity index (χ0) is 11.9. The average molecular weight is 310 g/mol. The number of alkyl halides is 5. The van der Waals surface area contributed by atoms with Gasteiger partial charge in [0.05, 0.1) is 0 Å². The van der Waals surface area contributed by atoms with Crippen molar-refractivity contribution in [3.8, 4) is 0 Å². The summed E-state index contributed by atoms with van der Waals surface area (Å²) in [5, 5.41) is 1.38. The number of hydrogen-bond acceptors (Lipinski definition) is 2. The fourth-order valence-electron chi connectivity index (χ4n) is 0.868. The third-order valence-corrected chi connectivity index (χ3v) is 3.65. The minimum atomic E-state index is -5.64. The van der Waals surface area contributed by atoms with Crippen LogP contribution in [0.1, 0.15) is 10.9 Å². The van der Waals surface area contributed by atoms with E-state index in [0.29, 0.717) is 0 Å². The lowest BCUT2D eigenvalue weighted by atomic mass is 10.1. The number of thiophene rings is 1. The molecule has 0 spiro atoms. The molecular weight excluding hydrogens is 305 g/mol. The molecule has 15 heavy (non-hydrogen) atoms. The molecule has 2 N–H and O–H groups in total. The SMILES string of the molecule is N[C@@H](c1sccc1Br)C(F)(F)C(F)(F)F. The van der Waals surface area contributed by atoms with Crippen molar-refractivity contribution in [2.75, 3.05) is 0 Å². The first-order chi connectivity index (χ1) is 6.68. The monoisotopic (exact) mass is 309 g/mol. The van der Waals surface area contributed by atoms with Gasteiger partial charge in [-0.05, 0) is 27.4 Å². The molecule has 8 heteroatoms. The highest BCUT2D eigenvalue weighted by molar-refractivity contribution is 9.10. The third kappa shape index (κ3) is 2.31. The molecule has 1 rings (SSSR count). The quantitative estimate of drug-likeness (QED) is 0.828. The normalized spacial score (nSPS) is 15.4. The van der Waals surface area contributed by atoms with Crippen LogP contribution in [0.2, 0.25) is 0 Å². The average Bonchev–Trinajstić information content (AvgIpc) is 2.48. The second kappa shape index (κ2) is 3.99. The lowest BCUT2D eigenvalue weighted by Crippen LogP contribution is -2.45. The van der Waals surface area contributed by atoms with Gasteiger partial charge >= 0.3 is 12.1 Å². The molecule has 0 fully saturated rings. The van der Waals surface area contributed by atoms with E-state index < -0.39 is 18.1 Å². The molecule has 0 bridgehead atoms. The Balaban J connectivity index is 3.05. The van der Waals surface area contributed by atoms with E-state index in [-0.39, 0.29) is 9.35 Å². The van der Waals surface area contributed by atoms with Crippen molar-refractivity contribution in [2.24, 2.45) is 5.73 Å². The molecule has 0 unspecified atom stereocenters. The van der Waals surface area contributed by atoms with Crippen LogP contribution >= 0.6 is 27.3 Å². The maximum absolute atomic E-state index is 12.8. The summed E-state index contributed by atoms with van der Waals surface area (Å²) < 4.78 is 61.7. The molecule has 1 aromatic heterocycles.